The van der Waals surface area contributed by atoms with E-state index in [0.29, 0.717) is 5.39 Å². The highest BCUT2D eigenvalue weighted by Crippen LogP contribution is 2.32. The fraction of sp³-hybridized carbons (Fsp3) is 0.211. The van der Waals surface area contributed by atoms with Gasteiger partial charge in [0.25, 0.3) is 0 Å². The van der Waals surface area contributed by atoms with Gasteiger partial charge in [-0.15, -0.1) is 0 Å². The van der Waals surface area contributed by atoms with Crippen molar-refractivity contribution in [2.24, 2.45) is 0 Å². The van der Waals surface area contributed by atoms with Crippen LogP contribution in [0.3, 0.4) is 0 Å². The molecule has 2 N–H and O–H groups in total. The van der Waals surface area contributed by atoms with Crippen LogP contribution in [0, 0.1) is 6.92 Å². The van der Waals surface area contributed by atoms with Crippen molar-refractivity contribution in [2.45, 2.75) is 26.8 Å². The number of carboxylic acid groups (broad SMARTS) is 1. The molecule has 0 saturated heterocycles. The number of hydrogen-bond acceptors (Lipinski definition) is 3. The first-order valence-electron chi connectivity index (χ1n) is 8.15. The molecule has 0 bridgehead atoms. The monoisotopic (exact) mass is 334 g/mol. The number of carbonyl (C=O) groups is 1. The fourth-order valence-corrected chi connectivity index (χ4v) is 3.28. The zero-order valence-corrected chi connectivity index (χ0v) is 14.2. The fourth-order valence-electron chi connectivity index (χ4n) is 3.28. The average molecular weight is 334 g/mol. The summed E-state index contributed by atoms with van der Waals surface area (Å²) in [6.07, 6.45) is 3.60. The molecule has 6 nitrogen and oxygen atoms in total. The summed E-state index contributed by atoms with van der Waals surface area (Å²) in [4.78, 5) is 19.3. The average Bonchev–Trinajstić information content (AvgIpc) is 3.17. The van der Waals surface area contributed by atoms with Gasteiger partial charge in [0.05, 0.1) is 16.8 Å². The molecule has 0 saturated carbocycles. The van der Waals surface area contributed by atoms with Crippen LogP contribution in [-0.2, 0) is 0 Å². The number of nitrogens with zero attached hydrogens (tertiary/aromatic N) is 3. The third kappa shape index (κ3) is 2.38. The standard InChI is InChI=1S/C19H18N4O2/c1-10(2)23-16-8-13(7-15(19(24)25)17(16)11(3)22-23)14-6-12-4-5-20-18(12)21-9-14/h4-10H,1-3H3,(H,20,21)(H,24,25). The van der Waals surface area contributed by atoms with Crippen LogP contribution in [0.15, 0.2) is 36.7 Å². The smallest absolute Gasteiger partial charge is 0.336 e. The van der Waals surface area contributed by atoms with E-state index in [1.54, 1.807) is 12.3 Å². The maximum absolute atomic E-state index is 11.8. The number of fused-ring (bicyclic) bond motifs is 2. The predicted octanol–water partition coefficient (Wildman–Crippen LogP) is 4.17. The molecule has 3 aromatic heterocycles. The van der Waals surface area contributed by atoms with Gasteiger partial charge in [0, 0.05) is 34.8 Å². The first kappa shape index (κ1) is 15.4. The number of aromatic nitrogens is 4. The van der Waals surface area contributed by atoms with Crippen molar-refractivity contribution in [1.82, 2.24) is 19.7 Å². The Labute approximate surface area is 144 Å². The quantitative estimate of drug-likeness (QED) is 0.589. The summed E-state index contributed by atoms with van der Waals surface area (Å²) in [5.74, 6) is -0.950. The molecular formula is C19H18N4O2. The molecule has 126 valence electrons. The molecule has 4 aromatic rings. The molecule has 3 heterocycles. The Bertz CT molecular complexity index is 1120. The largest absolute Gasteiger partial charge is 0.478 e. The molecule has 0 amide bonds. The maximum atomic E-state index is 11.8. The normalized spacial score (nSPS) is 11.7. The lowest BCUT2D eigenvalue weighted by molar-refractivity contribution is 0.0699. The Morgan fingerprint density at radius 3 is 2.76 bits per heavy atom. The second kappa shape index (κ2) is 5.44. The molecule has 25 heavy (non-hydrogen) atoms. The summed E-state index contributed by atoms with van der Waals surface area (Å²) in [5, 5.41) is 15.9. The Balaban J connectivity index is 2.03. The molecule has 0 spiro atoms. The second-order valence-corrected chi connectivity index (χ2v) is 6.49. The van der Waals surface area contributed by atoms with E-state index >= 15 is 0 Å². The van der Waals surface area contributed by atoms with Crippen molar-refractivity contribution in [3.8, 4) is 11.1 Å². The van der Waals surface area contributed by atoms with E-state index in [4.69, 9.17) is 0 Å². The zero-order chi connectivity index (χ0) is 17.7. The molecule has 0 aliphatic rings. The van der Waals surface area contributed by atoms with Crippen LogP contribution in [0.2, 0.25) is 0 Å². The van der Waals surface area contributed by atoms with Gasteiger partial charge < -0.3 is 10.1 Å². The molecule has 0 fully saturated rings. The molecule has 0 radical (unpaired) electrons. The summed E-state index contributed by atoms with van der Waals surface area (Å²) in [5.41, 5.74) is 4.34. The van der Waals surface area contributed by atoms with Gasteiger partial charge in [-0.3, -0.25) is 4.68 Å². The zero-order valence-electron chi connectivity index (χ0n) is 14.2. The van der Waals surface area contributed by atoms with E-state index in [9.17, 15) is 9.90 Å². The summed E-state index contributed by atoms with van der Waals surface area (Å²) in [6, 6.07) is 7.80. The van der Waals surface area contributed by atoms with Gasteiger partial charge in [-0.05, 0) is 50.6 Å². The van der Waals surface area contributed by atoms with Crippen molar-refractivity contribution in [3.05, 3.63) is 47.9 Å². The van der Waals surface area contributed by atoms with Gasteiger partial charge in [-0.1, -0.05) is 0 Å². The van der Waals surface area contributed by atoms with Gasteiger partial charge in [-0.25, -0.2) is 9.78 Å². The molecule has 0 atom stereocenters. The van der Waals surface area contributed by atoms with Crippen molar-refractivity contribution >= 4 is 27.9 Å². The van der Waals surface area contributed by atoms with E-state index in [1.165, 1.54) is 0 Å². The number of aromatic carboxylic acids is 1. The number of aromatic amines is 1. The minimum Gasteiger partial charge on any atom is -0.478 e. The van der Waals surface area contributed by atoms with Crippen LogP contribution < -0.4 is 0 Å². The van der Waals surface area contributed by atoms with E-state index in [2.05, 4.69) is 15.1 Å². The second-order valence-electron chi connectivity index (χ2n) is 6.49. The van der Waals surface area contributed by atoms with Crippen molar-refractivity contribution in [2.75, 3.05) is 0 Å². The molecule has 0 aliphatic heterocycles. The Morgan fingerprint density at radius 1 is 1.24 bits per heavy atom. The van der Waals surface area contributed by atoms with Crippen molar-refractivity contribution in [3.63, 3.8) is 0 Å². The van der Waals surface area contributed by atoms with Crippen LogP contribution in [0.4, 0.5) is 0 Å². The van der Waals surface area contributed by atoms with Crippen LogP contribution in [0.5, 0.6) is 0 Å². The highest BCUT2D eigenvalue weighted by molar-refractivity contribution is 6.06. The first-order valence-corrected chi connectivity index (χ1v) is 8.15. The molecule has 4 rings (SSSR count). The summed E-state index contributed by atoms with van der Waals surface area (Å²) in [6.45, 7) is 5.92. The molecule has 0 aliphatic carbocycles. The number of nitrogens with one attached hydrogen (secondary N) is 1. The number of pyridine rings is 1. The van der Waals surface area contributed by atoms with E-state index in [1.807, 2.05) is 49.8 Å². The Hall–Kier alpha value is -3.15. The molecule has 0 unspecified atom stereocenters. The van der Waals surface area contributed by atoms with Gasteiger partial charge >= 0.3 is 5.97 Å². The van der Waals surface area contributed by atoms with Crippen LogP contribution >= 0.6 is 0 Å². The summed E-state index contributed by atoms with van der Waals surface area (Å²) >= 11 is 0. The number of aryl methyl sites for hydroxylation is 1. The van der Waals surface area contributed by atoms with E-state index in [0.717, 1.165) is 33.4 Å². The predicted molar refractivity (Wildman–Crippen MR) is 96.9 cm³/mol. The number of benzene rings is 1. The minimum absolute atomic E-state index is 0.137. The van der Waals surface area contributed by atoms with Gasteiger partial charge in [0.15, 0.2) is 0 Å². The molecule has 6 heteroatoms. The lowest BCUT2D eigenvalue weighted by Crippen LogP contribution is -2.03. The van der Waals surface area contributed by atoms with Crippen molar-refractivity contribution < 1.29 is 9.90 Å². The number of carboxylic acids is 1. The highest BCUT2D eigenvalue weighted by Gasteiger charge is 2.19. The Morgan fingerprint density at radius 2 is 2.04 bits per heavy atom. The Kier molecular flexibility index (Phi) is 3.35. The number of rotatable bonds is 3. The molecule has 1 aromatic carbocycles. The summed E-state index contributed by atoms with van der Waals surface area (Å²) < 4.78 is 1.88. The highest BCUT2D eigenvalue weighted by atomic mass is 16.4. The van der Waals surface area contributed by atoms with Crippen LogP contribution in [-0.4, -0.2) is 30.8 Å². The van der Waals surface area contributed by atoms with E-state index < -0.39 is 5.97 Å². The van der Waals surface area contributed by atoms with Crippen LogP contribution in [0.25, 0.3) is 33.1 Å². The van der Waals surface area contributed by atoms with Gasteiger partial charge in [0.1, 0.15) is 5.65 Å². The number of H-pyrrole nitrogens is 1. The van der Waals surface area contributed by atoms with E-state index in [-0.39, 0.29) is 11.6 Å². The SMILES string of the molecule is Cc1nn(C(C)C)c2cc(-c3cnc4[nH]ccc4c3)cc(C(=O)O)c12. The van der Waals surface area contributed by atoms with Crippen molar-refractivity contribution in [1.29, 1.82) is 0 Å². The number of hydrogen-bond donors (Lipinski definition) is 2. The van der Waals surface area contributed by atoms with Crippen LogP contribution in [0.1, 0.15) is 35.9 Å². The first-order chi connectivity index (χ1) is 12.0. The topological polar surface area (TPSA) is 83.8 Å². The third-order valence-corrected chi connectivity index (χ3v) is 4.44. The summed E-state index contributed by atoms with van der Waals surface area (Å²) in [7, 11) is 0. The third-order valence-electron chi connectivity index (χ3n) is 4.44. The lowest BCUT2D eigenvalue weighted by atomic mass is 9.99. The van der Waals surface area contributed by atoms with Gasteiger partial charge in [0.2, 0.25) is 0 Å². The van der Waals surface area contributed by atoms with Gasteiger partial charge in [-0.2, -0.15) is 5.10 Å². The molecular weight excluding hydrogens is 316 g/mol. The minimum atomic E-state index is -0.950. The lowest BCUT2D eigenvalue weighted by Gasteiger charge is -2.10. The maximum Gasteiger partial charge on any atom is 0.336 e.